The molecule has 0 aromatic carbocycles. The molecule has 3 heterocycles. The third-order valence-corrected chi connectivity index (χ3v) is 4.91. The van der Waals surface area contributed by atoms with E-state index in [1.807, 2.05) is 11.9 Å². The fraction of sp³-hybridized carbons (Fsp3) is 0.562. The first-order valence-electron chi connectivity index (χ1n) is 7.82. The molecule has 2 aliphatic heterocycles. The summed E-state index contributed by atoms with van der Waals surface area (Å²) in [5.41, 5.74) is 0.204. The summed E-state index contributed by atoms with van der Waals surface area (Å²) >= 11 is 0. The van der Waals surface area contributed by atoms with Gasteiger partial charge >= 0.3 is 0 Å². The smallest absolute Gasteiger partial charge is 0.253 e. The van der Waals surface area contributed by atoms with Crippen LogP contribution in [0.3, 0.4) is 0 Å². The molecule has 6 nitrogen and oxygen atoms in total. The molecule has 0 radical (unpaired) electrons. The Kier molecular flexibility index (Phi) is 4.11. The summed E-state index contributed by atoms with van der Waals surface area (Å²) in [5.74, 6) is 0.137. The van der Waals surface area contributed by atoms with Gasteiger partial charge in [-0.3, -0.25) is 19.5 Å². The van der Waals surface area contributed by atoms with Gasteiger partial charge in [0, 0.05) is 44.1 Å². The molecule has 0 unspecified atom stereocenters. The quantitative estimate of drug-likeness (QED) is 0.821. The zero-order valence-electron chi connectivity index (χ0n) is 12.9. The Hall–Kier alpha value is -1.95. The van der Waals surface area contributed by atoms with Crippen molar-refractivity contribution >= 4 is 11.8 Å². The topological polar surface area (TPSA) is 65.5 Å². The van der Waals surface area contributed by atoms with Gasteiger partial charge < -0.3 is 10.2 Å². The second-order valence-electron chi connectivity index (χ2n) is 6.09. The molecule has 3 rings (SSSR count). The monoisotopic (exact) mass is 302 g/mol. The largest absolute Gasteiger partial charge is 0.354 e. The minimum atomic E-state index is -0.453. The summed E-state index contributed by atoms with van der Waals surface area (Å²) in [6.07, 6.45) is 5.61. The van der Waals surface area contributed by atoms with Crippen molar-refractivity contribution in [3.63, 3.8) is 0 Å². The highest BCUT2D eigenvalue weighted by atomic mass is 16.2. The van der Waals surface area contributed by atoms with Crippen LogP contribution in [0.2, 0.25) is 0 Å². The van der Waals surface area contributed by atoms with E-state index in [-0.39, 0.29) is 11.8 Å². The average Bonchev–Trinajstić information content (AvgIpc) is 2.70. The predicted octanol–water partition coefficient (Wildman–Crippen LogP) is 0.508. The zero-order valence-corrected chi connectivity index (χ0v) is 12.9. The van der Waals surface area contributed by atoms with E-state index in [2.05, 4.69) is 15.2 Å². The maximum Gasteiger partial charge on any atom is 0.253 e. The Bertz CT molecular complexity index is 553. The lowest BCUT2D eigenvalue weighted by molar-refractivity contribution is -0.134. The molecule has 2 aliphatic rings. The Morgan fingerprint density at radius 1 is 1.23 bits per heavy atom. The lowest BCUT2D eigenvalue weighted by Gasteiger charge is -2.44. The van der Waals surface area contributed by atoms with E-state index in [1.165, 1.54) is 0 Å². The highest BCUT2D eigenvalue weighted by Gasteiger charge is 2.46. The minimum absolute atomic E-state index is 0.0222. The van der Waals surface area contributed by atoms with Crippen LogP contribution >= 0.6 is 0 Å². The molecular formula is C16H22N4O2. The van der Waals surface area contributed by atoms with Crippen LogP contribution in [0.4, 0.5) is 0 Å². The summed E-state index contributed by atoms with van der Waals surface area (Å²) in [6.45, 7) is 2.87. The van der Waals surface area contributed by atoms with Gasteiger partial charge in [-0.25, -0.2) is 0 Å². The molecular weight excluding hydrogens is 280 g/mol. The lowest BCUT2D eigenvalue weighted by Crippen LogP contribution is -2.61. The molecule has 2 fully saturated rings. The lowest BCUT2D eigenvalue weighted by atomic mass is 9.85. The van der Waals surface area contributed by atoms with Crippen molar-refractivity contribution in [1.82, 2.24) is 20.1 Å². The highest BCUT2D eigenvalue weighted by Crippen LogP contribution is 2.30. The van der Waals surface area contributed by atoms with Crippen LogP contribution in [0.25, 0.3) is 0 Å². The molecule has 118 valence electrons. The summed E-state index contributed by atoms with van der Waals surface area (Å²) in [5, 5.41) is 3.02. The number of aromatic nitrogens is 1. The van der Waals surface area contributed by atoms with E-state index in [0.717, 1.165) is 19.5 Å². The average molecular weight is 302 g/mol. The van der Waals surface area contributed by atoms with Gasteiger partial charge in [0.25, 0.3) is 5.91 Å². The third-order valence-electron chi connectivity index (χ3n) is 4.91. The first kappa shape index (κ1) is 15.0. The molecule has 2 saturated heterocycles. The molecule has 0 aliphatic carbocycles. The molecule has 1 N–H and O–H groups in total. The molecule has 1 aromatic rings. The second-order valence-corrected chi connectivity index (χ2v) is 6.09. The zero-order chi connectivity index (χ0) is 15.6. The number of nitrogens with one attached hydrogen (secondary N) is 1. The van der Waals surface area contributed by atoms with Crippen LogP contribution in [-0.2, 0) is 4.79 Å². The minimum Gasteiger partial charge on any atom is -0.354 e. The van der Waals surface area contributed by atoms with Crippen molar-refractivity contribution in [2.24, 2.45) is 0 Å². The Morgan fingerprint density at radius 3 is 2.59 bits per heavy atom. The number of amides is 2. The fourth-order valence-electron chi connectivity index (χ4n) is 3.44. The summed E-state index contributed by atoms with van der Waals surface area (Å²) in [6, 6.07) is 3.47. The molecule has 0 atom stereocenters. The number of pyridine rings is 1. The molecule has 0 bridgehead atoms. The number of likely N-dealkylation sites (N-methyl/N-ethyl adjacent to an activating group) is 1. The fourth-order valence-corrected chi connectivity index (χ4v) is 3.44. The maximum atomic E-state index is 12.5. The first-order valence-corrected chi connectivity index (χ1v) is 7.82. The van der Waals surface area contributed by atoms with Gasteiger partial charge in [-0.2, -0.15) is 0 Å². The highest BCUT2D eigenvalue weighted by molar-refractivity contribution is 5.94. The Balaban J connectivity index is 1.71. The predicted molar refractivity (Wildman–Crippen MR) is 82.4 cm³/mol. The van der Waals surface area contributed by atoms with Crippen LogP contribution in [0.1, 0.15) is 29.6 Å². The SMILES string of the molecule is CN1CCCNC(=O)C12CCN(C(=O)c1ccncc1)CC2. The van der Waals surface area contributed by atoms with Crippen molar-refractivity contribution in [3.05, 3.63) is 30.1 Å². The molecule has 6 heteroatoms. The van der Waals surface area contributed by atoms with Crippen molar-refractivity contribution in [1.29, 1.82) is 0 Å². The Labute approximate surface area is 130 Å². The van der Waals surface area contributed by atoms with E-state index < -0.39 is 5.54 Å². The van der Waals surface area contributed by atoms with E-state index in [0.29, 0.717) is 31.5 Å². The number of likely N-dealkylation sites (tertiary alicyclic amines) is 1. The van der Waals surface area contributed by atoms with Crippen LogP contribution in [0.15, 0.2) is 24.5 Å². The van der Waals surface area contributed by atoms with Gasteiger partial charge in [-0.05, 0) is 38.4 Å². The molecule has 1 spiro atoms. The number of hydrogen-bond acceptors (Lipinski definition) is 4. The van der Waals surface area contributed by atoms with Crippen LogP contribution in [0, 0.1) is 0 Å². The van der Waals surface area contributed by atoms with Gasteiger partial charge in [0.2, 0.25) is 5.91 Å². The van der Waals surface area contributed by atoms with E-state index in [4.69, 9.17) is 0 Å². The molecule has 1 aromatic heterocycles. The number of piperidine rings is 1. The summed E-state index contributed by atoms with van der Waals surface area (Å²) in [7, 11) is 2.02. The van der Waals surface area contributed by atoms with Gasteiger partial charge in [0.05, 0.1) is 0 Å². The van der Waals surface area contributed by atoms with Gasteiger partial charge in [0.1, 0.15) is 5.54 Å². The third kappa shape index (κ3) is 2.59. The molecule has 2 amide bonds. The number of hydrogen-bond donors (Lipinski definition) is 1. The van der Waals surface area contributed by atoms with Crippen molar-refractivity contribution in [2.45, 2.75) is 24.8 Å². The number of carbonyl (C=O) groups is 2. The van der Waals surface area contributed by atoms with Gasteiger partial charge in [-0.1, -0.05) is 0 Å². The van der Waals surface area contributed by atoms with Gasteiger partial charge in [0.15, 0.2) is 0 Å². The normalized spacial score (nSPS) is 22.2. The molecule has 0 saturated carbocycles. The van der Waals surface area contributed by atoms with Crippen molar-refractivity contribution in [2.75, 3.05) is 33.2 Å². The van der Waals surface area contributed by atoms with Crippen LogP contribution < -0.4 is 5.32 Å². The molecule has 22 heavy (non-hydrogen) atoms. The number of rotatable bonds is 1. The number of nitrogens with zero attached hydrogens (tertiary/aromatic N) is 3. The maximum absolute atomic E-state index is 12.5. The van der Waals surface area contributed by atoms with Gasteiger partial charge in [-0.15, -0.1) is 0 Å². The summed E-state index contributed by atoms with van der Waals surface area (Å²) in [4.78, 5) is 32.9. The van der Waals surface area contributed by atoms with E-state index >= 15 is 0 Å². The standard InChI is InChI=1S/C16H22N4O2/c1-19-10-2-7-18-15(22)16(19)5-11-20(12-6-16)14(21)13-3-8-17-9-4-13/h3-4,8-9H,2,5-7,10-12H2,1H3,(H,18,22). The number of carbonyl (C=O) groups excluding carboxylic acids is 2. The second kappa shape index (κ2) is 6.04. The van der Waals surface area contributed by atoms with Crippen molar-refractivity contribution in [3.8, 4) is 0 Å². The van der Waals surface area contributed by atoms with E-state index in [9.17, 15) is 9.59 Å². The van der Waals surface area contributed by atoms with Crippen LogP contribution in [0.5, 0.6) is 0 Å². The first-order chi connectivity index (χ1) is 10.6. The van der Waals surface area contributed by atoms with Crippen molar-refractivity contribution < 1.29 is 9.59 Å². The van der Waals surface area contributed by atoms with Crippen LogP contribution in [-0.4, -0.2) is 65.4 Å². The van der Waals surface area contributed by atoms with E-state index in [1.54, 1.807) is 24.5 Å². The summed E-state index contributed by atoms with van der Waals surface area (Å²) < 4.78 is 0. The Morgan fingerprint density at radius 2 is 1.91 bits per heavy atom.